The van der Waals surface area contributed by atoms with E-state index < -0.39 is 0 Å². The van der Waals surface area contributed by atoms with E-state index in [0.717, 1.165) is 25.2 Å². The van der Waals surface area contributed by atoms with Crippen molar-refractivity contribution in [2.75, 3.05) is 13.2 Å². The molecule has 0 bridgehead atoms. The summed E-state index contributed by atoms with van der Waals surface area (Å²) < 4.78 is 0. The first-order chi connectivity index (χ1) is 6.81. The summed E-state index contributed by atoms with van der Waals surface area (Å²) in [5.41, 5.74) is 0. The van der Waals surface area contributed by atoms with Gasteiger partial charge in [0.25, 0.3) is 0 Å². The van der Waals surface area contributed by atoms with Crippen LogP contribution < -0.4 is 0 Å². The second-order valence-corrected chi connectivity index (χ2v) is 4.25. The van der Waals surface area contributed by atoms with Crippen molar-refractivity contribution in [3.8, 4) is 0 Å². The summed E-state index contributed by atoms with van der Waals surface area (Å²) >= 11 is 0. The molecule has 0 radical (unpaired) electrons. The van der Waals surface area contributed by atoms with Gasteiger partial charge in [0.1, 0.15) is 0 Å². The standard InChI is InChI=1S/C12H26O2/c1-12(9-7-11-14)8-5-3-2-4-6-10-13/h12-14H,2-11H2,1H3. The van der Waals surface area contributed by atoms with Crippen LogP contribution in [0.15, 0.2) is 0 Å². The molecular weight excluding hydrogens is 176 g/mol. The maximum atomic E-state index is 8.66. The SMILES string of the molecule is CC(CCCO)CCCCCCCO. The number of hydrogen-bond donors (Lipinski definition) is 2. The lowest BCUT2D eigenvalue weighted by atomic mass is 9.98. The van der Waals surface area contributed by atoms with Crippen LogP contribution in [-0.2, 0) is 0 Å². The van der Waals surface area contributed by atoms with Crippen LogP contribution in [0.3, 0.4) is 0 Å². The molecule has 1 unspecified atom stereocenters. The normalized spacial score (nSPS) is 13.1. The van der Waals surface area contributed by atoms with Crippen LogP contribution in [0.1, 0.15) is 58.3 Å². The average molecular weight is 202 g/mol. The molecule has 0 heterocycles. The van der Waals surface area contributed by atoms with Crippen LogP contribution >= 0.6 is 0 Å². The molecule has 0 aliphatic carbocycles. The topological polar surface area (TPSA) is 40.5 Å². The molecule has 0 fully saturated rings. The van der Waals surface area contributed by atoms with Gasteiger partial charge in [-0.25, -0.2) is 0 Å². The van der Waals surface area contributed by atoms with Crippen molar-refractivity contribution in [1.29, 1.82) is 0 Å². The molecular formula is C12H26O2. The Kier molecular flexibility index (Phi) is 10.9. The summed E-state index contributed by atoms with van der Waals surface area (Å²) in [5, 5.41) is 17.2. The van der Waals surface area contributed by atoms with Gasteiger partial charge in [-0.05, 0) is 25.2 Å². The van der Waals surface area contributed by atoms with Crippen molar-refractivity contribution >= 4 is 0 Å². The van der Waals surface area contributed by atoms with Gasteiger partial charge in [-0.15, -0.1) is 0 Å². The van der Waals surface area contributed by atoms with Gasteiger partial charge in [0, 0.05) is 13.2 Å². The Morgan fingerprint density at radius 1 is 0.714 bits per heavy atom. The van der Waals surface area contributed by atoms with Gasteiger partial charge in [-0.1, -0.05) is 39.0 Å². The highest BCUT2D eigenvalue weighted by Crippen LogP contribution is 2.15. The highest BCUT2D eigenvalue weighted by Gasteiger charge is 2.00. The molecule has 14 heavy (non-hydrogen) atoms. The fourth-order valence-corrected chi connectivity index (χ4v) is 1.72. The molecule has 0 aromatic heterocycles. The van der Waals surface area contributed by atoms with Gasteiger partial charge in [-0.2, -0.15) is 0 Å². The van der Waals surface area contributed by atoms with Crippen molar-refractivity contribution in [1.82, 2.24) is 0 Å². The summed E-state index contributed by atoms with van der Waals surface area (Å²) in [4.78, 5) is 0. The third-order valence-corrected chi connectivity index (χ3v) is 2.71. The Morgan fingerprint density at radius 2 is 1.21 bits per heavy atom. The van der Waals surface area contributed by atoms with Crippen molar-refractivity contribution in [3.63, 3.8) is 0 Å². The van der Waals surface area contributed by atoms with E-state index in [1.54, 1.807) is 0 Å². The minimum Gasteiger partial charge on any atom is -0.396 e. The van der Waals surface area contributed by atoms with E-state index in [-0.39, 0.29) is 0 Å². The maximum absolute atomic E-state index is 8.66. The van der Waals surface area contributed by atoms with Gasteiger partial charge in [0.05, 0.1) is 0 Å². The second kappa shape index (κ2) is 11.0. The van der Waals surface area contributed by atoms with Gasteiger partial charge >= 0.3 is 0 Å². The average Bonchev–Trinajstić information content (AvgIpc) is 2.20. The van der Waals surface area contributed by atoms with Crippen molar-refractivity contribution in [2.24, 2.45) is 5.92 Å². The Labute approximate surface area is 88.3 Å². The lowest BCUT2D eigenvalue weighted by Gasteiger charge is -2.09. The fraction of sp³-hybridized carbons (Fsp3) is 1.00. The van der Waals surface area contributed by atoms with Crippen LogP contribution in [0.2, 0.25) is 0 Å². The highest BCUT2D eigenvalue weighted by molar-refractivity contribution is 4.54. The number of hydrogen-bond acceptors (Lipinski definition) is 2. The van der Waals surface area contributed by atoms with Gasteiger partial charge in [-0.3, -0.25) is 0 Å². The third kappa shape index (κ3) is 10.0. The minimum absolute atomic E-state index is 0.334. The Balaban J connectivity index is 3.02. The Morgan fingerprint density at radius 3 is 1.86 bits per heavy atom. The summed E-state index contributed by atoms with van der Waals surface area (Å²) in [6, 6.07) is 0. The predicted octanol–water partition coefficient (Wildman–Crippen LogP) is 2.73. The maximum Gasteiger partial charge on any atom is 0.0431 e. The molecule has 0 rings (SSSR count). The van der Waals surface area contributed by atoms with Crippen LogP contribution in [0.25, 0.3) is 0 Å². The summed E-state index contributed by atoms with van der Waals surface area (Å²) in [7, 11) is 0. The number of unbranched alkanes of at least 4 members (excludes halogenated alkanes) is 4. The zero-order chi connectivity index (χ0) is 10.6. The van der Waals surface area contributed by atoms with Crippen LogP contribution in [-0.4, -0.2) is 23.4 Å². The van der Waals surface area contributed by atoms with E-state index in [1.165, 1.54) is 32.1 Å². The minimum atomic E-state index is 0.334. The quantitative estimate of drug-likeness (QED) is 0.535. The van der Waals surface area contributed by atoms with Gasteiger partial charge in [0.15, 0.2) is 0 Å². The van der Waals surface area contributed by atoms with Crippen LogP contribution in [0.5, 0.6) is 0 Å². The first kappa shape index (κ1) is 13.9. The molecule has 2 nitrogen and oxygen atoms in total. The van der Waals surface area contributed by atoms with E-state index in [2.05, 4.69) is 6.92 Å². The molecule has 0 aliphatic heterocycles. The van der Waals surface area contributed by atoms with E-state index >= 15 is 0 Å². The molecule has 86 valence electrons. The third-order valence-electron chi connectivity index (χ3n) is 2.71. The van der Waals surface area contributed by atoms with E-state index in [0.29, 0.717) is 13.2 Å². The molecule has 0 saturated heterocycles. The van der Waals surface area contributed by atoms with E-state index in [9.17, 15) is 0 Å². The van der Waals surface area contributed by atoms with Crippen LogP contribution in [0, 0.1) is 5.92 Å². The first-order valence-electron chi connectivity index (χ1n) is 6.03. The van der Waals surface area contributed by atoms with Crippen molar-refractivity contribution < 1.29 is 10.2 Å². The monoisotopic (exact) mass is 202 g/mol. The summed E-state index contributed by atoms with van der Waals surface area (Å²) in [6.45, 7) is 2.94. The predicted molar refractivity (Wildman–Crippen MR) is 60.3 cm³/mol. The highest BCUT2D eigenvalue weighted by atomic mass is 16.3. The molecule has 1 atom stereocenters. The largest absolute Gasteiger partial charge is 0.396 e. The van der Waals surface area contributed by atoms with Crippen LogP contribution in [0.4, 0.5) is 0 Å². The fourth-order valence-electron chi connectivity index (χ4n) is 1.72. The van der Waals surface area contributed by atoms with E-state index in [4.69, 9.17) is 10.2 Å². The molecule has 0 saturated carbocycles. The summed E-state index contributed by atoms with van der Waals surface area (Å²) in [6.07, 6.45) is 9.38. The lowest BCUT2D eigenvalue weighted by Crippen LogP contribution is -1.96. The zero-order valence-corrected chi connectivity index (χ0v) is 9.54. The van der Waals surface area contributed by atoms with Crippen molar-refractivity contribution in [3.05, 3.63) is 0 Å². The molecule has 0 aromatic carbocycles. The second-order valence-electron chi connectivity index (χ2n) is 4.25. The van der Waals surface area contributed by atoms with Gasteiger partial charge in [0.2, 0.25) is 0 Å². The molecule has 0 aromatic rings. The summed E-state index contributed by atoms with van der Waals surface area (Å²) in [5.74, 6) is 0.764. The smallest absolute Gasteiger partial charge is 0.0431 e. The zero-order valence-electron chi connectivity index (χ0n) is 9.54. The number of aliphatic hydroxyl groups excluding tert-OH is 2. The van der Waals surface area contributed by atoms with E-state index in [1.807, 2.05) is 0 Å². The van der Waals surface area contributed by atoms with Gasteiger partial charge < -0.3 is 10.2 Å². The lowest BCUT2D eigenvalue weighted by molar-refractivity contribution is 0.270. The Bertz CT molecular complexity index is 104. The molecule has 2 N–H and O–H groups in total. The van der Waals surface area contributed by atoms with Crippen molar-refractivity contribution in [2.45, 2.75) is 58.3 Å². The number of aliphatic hydroxyl groups is 2. The molecule has 0 aliphatic rings. The molecule has 0 spiro atoms. The molecule has 0 amide bonds. The Hall–Kier alpha value is -0.0800. The first-order valence-corrected chi connectivity index (χ1v) is 6.03. The number of rotatable bonds is 10. The molecule has 2 heteroatoms.